The predicted octanol–water partition coefficient (Wildman–Crippen LogP) is 3.79. The quantitative estimate of drug-likeness (QED) is 0.544. The average molecular weight is 371 g/mol. The number of pyridine rings is 1. The number of rotatable bonds is 5. The molecule has 0 unspecified atom stereocenters. The zero-order chi connectivity index (χ0) is 19.9. The lowest BCUT2D eigenvalue weighted by atomic mass is 9.98. The van der Waals surface area contributed by atoms with Crippen LogP contribution in [0.3, 0.4) is 0 Å². The van der Waals surface area contributed by atoms with Crippen LogP contribution >= 0.6 is 0 Å². The van der Waals surface area contributed by atoms with Crippen LogP contribution in [0.25, 0.3) is 22.4 Å². The molecule has 138 valence electrons. The summed E-state index contributed by atoms with van der Waals surface area (Å²) in [7, 11) is 1.21. The van der Waals surface area contributed by atoms with Gasteiger partial charge in [0.2, 0.25) is 5.91 Å². The summed E-state index contributed by atoms with van der Waals surface area (Å²) in [6.07, 6.45) is -0.459. The number of ether oxygens (including phenoxy) is 1. The smallest absolute Gasteiger partial charge is 0.315 e. The van der Waals surface area contributed by atoms with E-state index in [0.717, 1.165) is 11.1 Å². The van der Waals surface area contributed by atoms with E-state index in [1.165, 1.54) is 7.11 Å². The van der Waals surface area contributed by atoms with Gasteiger partial charge in [-0.05, 0) is 11.6 Å². The van der Waals surface area contributed by atoms with Gasteiger partial charge >= 0.3 is 5.97 Å². The van der Waals surface area contributed by atoms with Gasteiger partial charge in [-0.3, -0.25) is 9.59 Å². The van der Waals surface area contributed by atoms with Gasteiger partial charge in [0, 0.05) is 11.1 Å². The van der Waals surface area contributed by atoms with E-state index < -0.39 is 18.3 Å². The van der Waals surface area contributed by atoms with Crippen LogP contribution in [0.2, 0.25) is 0 Å². The van der Waals surface area contributed by atoms with Crippen LogP contribution in [0.5, 0.6) is 0 Å². The number of nitrogens with zero attached hydrogens (tertiary/aromatic N) is 2. The number of carbonyl (C=O) groups is 2. The van der Waals surface area contributed by atoms with Crippen LogP contribution in [-0.4, -0.2) is 24.0 Å². The molecule has 1 heterocycles. The van der Waals surface area contributed by atoms with E-state index in [2.05, 4.69) is 21.1 Å². The van der Waals surface area contributed by atoms with Crippen LogP contribution in [0.1, 0.15) is 12.0 Å². The summed E-state index contributed by atoms with van der Waals surface area (Å²) in [6.45, 7) is 0. The molecule has 3 rings (SSSR count). The summed E-state index contributed by atoms with van der Waals surface area (Å²) in [6, 6.07) is 22.8. The van der Waals surface area contributed by atoms with E-state index in [0.29, 0.717) is 11.3 Å². The molecule has 0 fully saturated rings. The van der Waals surface area contributed by atoms with Gasteiger partial charge < -0.3 is 10.1 Å². The number of hydrogen-bond acceptors (Lipinski definition) is 5. The Labute approximate surface area is 162 Å². The van der Waals surface area contributed by atoms with E-state index in [4.69, 9.17) is 0 Å². The molecule has 6 nitrogen and oxygen atoms in total. The fourth-order valence-corrected chi connectivity index (χ4v) is 2.73. The number of esters is 1. The second-order valence-corrected chi connectivity index (χ2v) is 5.92. The summed E-state index contributed by atoms with van der Waals surface area (Å²) >= 11 is 0. The summed E-state index contributed by atoms with van der Waals surface area (Å²) in [5, 5.41) is 12.3. The number of nitrogens with one attached hydrogen (secondary N) is 1. The maximum absolute atomic E-state index is 12.2. The highest BCUT2D eigenvalue weighted by atomic mass is 16.5. The first-order valence-corrected chi connectivity index (χ1v) is 8.55. The predicted molar refractivity (Wildman–Crippen MR) is 105 cm³/mol. The minimum Gasteiger partial charge on any atom is -0.469 e. The molecule has 0 atom stereocenters. The third-order valence-electron chi connectivity index (χ3n) is 4.08. The molecule has 28 heavy (non-hydrogen) atoms. The minimum atomic E-state index is -0.668. The highest BCUT2D eigenvalue weighted by molar-refractivity contribution is 6.02. The van der Waals surface area contributed by atoms with Crippen molar-refractivity contribution in [1.82, 2.24) is 4.98 Å². The summed E-state index contributed by atoms with van der Waals surface area (Å²) in [4.78, 5) is 28.0. The van der Waals surface area contributed by atoms with Crippen molar-refractivity contribution in [2.45, 2.75) is 6.42 Å². The molecule has 0 aliphatic carbocycles. The standard InChI is InChI=1S/C22H17N3O3/c1-28-21(27)13-20(26)25-22-18(14-23)17(15-8-4-2-5-9-15)12-19(24-22)16-10-6-3-7-11-16/h2-12H,13H2,1H3,(H,24,25,26). The molecule has 0 saturated heterocycles. The van der Waals surface area contributed by atoms with Crippen molar-refractivity contribution < 1.29 is 14.3 Å². The first kappa shape index (κ1) is 18.8. The molecule has 0 spiro atoms. The fourth-order valence-electron chi connectivity index (χ4n) is 2.73. The first-order valence-electron chi connectivity index (χ1n) is 8.55. The van der Waals surface area contributed by atoms with Crippen molar-refractivity contribution in [1.29, 1.82) is 5.26 Å². The Morgan fingerprint density at radius 3 is 2.21 bits per heavy atom. The van der Waals surface area contributed by atoms with Crippen molar-refractivity contribution in [3.05, 3.63) is 72.3 Å². The number of methoxy groups -OCH3 is 1. The molecule has 0 aliphatic heterocycles. The van der Waals surface area contributed by atoms with Gasteiger partial charge in [-0.2, -0.15) is 5.26 Å². The summed E-state index contributed by atoms with van der Waals surface area (Å²) < 4.78 is 4.52. The molecular formula is C22H17N3O3. The molecule has 0 saturated carbocycles. The average Bonchev–Trinajstić information content (AvgIpc) is 2.74. The Hall–Kier alpha value is -3.98. The SMILES string of the molecule is COC(=O)CC(=O)Nc1nc(-c2ccccc2)cc(-c2ccccc2)c1C#N. The maximum Gasteiger partial charge on any atom is 0.315 e. The Kier molecular flexibility index (Phi) is 5.78. The van der Waals surface area contributed by atoms with Gasteiger partial charge in [0.05, 0.1) is 12.8 Å². The zero-order valence-electron chi connectivity index (χ0n) is 15.2. The van der Waals surface area contributed by atoms with E-state index in [9.17, 15) is 14.9 Å². The van der Waals surface area contributed by atoms with Gasteiger partial charge in [-0.15, -0.1) is 0 Å². The van der Waals surface area contributed by atoms with E-state index in [1.807, 2.05) is 66.7 Å². The van der Waals surface area contributed by atoms with Crippen molar-refractivity contribution in [3.63, 3.8) is 0 Å². The molecule has 6 heteroatoms. The van der Waals surface area contributed by atoms with Crippen LogP contribution < -0.4 is 5.32 Å². The molecular weight excluding hydrogens is 354 g/mol. The van der Waals surface area contributed by atoms with Crippen LogP contribution in [0, 0.1) is 11.3 Å². The fraction of sp³-hybridized carbons (Fsp3) is 0.0909. The second-order valence-electron chi connectivity index (χ2n) is 5.92. The number of carbonyl (C=O) groups excluding carboxylic acids is 2. The van der Waals surface area contributed by atoms with Crippen molar-refractivity contribution in [2.24, 2.45) is 0 Å². The number of nitriles is 1. The number of amides is 1. The third-order valence-corrected chi connectivity index (χ3v) is 4.08. The normalized spacial score (nSPS) is 10.0. The number of hydrogen-bond donors (Lipinski definition) is 1. The summed E-state index contributed by atoms with van der Waals surface area (Å²) in [5.74, 6) is -1.16. The highest BCUT2D eigenvalue weighted by Crippen LogP contribution is 2.32. The van der Waals surface area contributed by atoms with Crippen molar-refractivity contribution in [2.75, 3.05) is 12.4 Å². The second kappa shape index (κ2) is 8.60. The highest BCUT2D eigenvalue weighted by Gasteiger charge is 2.18. The Morgan fingerprint density at radius 1 is 1.04 bits per heavy atom. The van der Waals surface area contributed by atoms with Crippen molar-refractivity contribution >= 4 is 17.7 Å². The molecule has 1 amide bonds. The number of benzene rings is 2. The zero-order valence-corrected chi connectivity index (χ0v) is 15.2. The molecule has 0 radical (unpaired) electrons. The van der Waals surface area contributed by atoms with Gasteiger partial charge in [-0.25, -0.2) is 4.98 Å². The molecule has 3 aromatic rings. The topological polar surface area (TPSA) is 92.1 Å². The molecule has 0 aliphatic rings. The van der Waals surface area contributed by atoms with Crippen LogP contribution in [0.4, 0.5) is 5.82 Å². The van der Waals surface area contributed by atoms with Crippen molar-refractivity contribution in [3.8, 4) is 28.5 Å². The molecule has 1 aromatic heterocycles. The van der Waals surface area contributed by atoms with E-state index >= 15 is 0 Å². The van der Waals surface area contributed by atoms with Gasteiger partial charge in [0.1, 0.15) is 18.1 Å². The van der Waals surface area contributed by atoms with Crippen LogP contribution in [-0.2, 0) is 14.3 Å². The minimum absolute atomic E-state index is 0.108. The number of aromatic nitrogens is 1. The van der Waals surface area contributed by atoms with Gasteiger partial charge in [-0.1, -0.05) is 60.7 Å². The Bertz CT molecular complexity index is 1040. The maximum atomic E-state index is 12.2. The summed E-state index contributed by atoms with van der Waals surface area (Å²) in [5.41, 5.74) is 3.14. The Morgan fingerprint density at radius 2 is 1.64 bits per heavy atom. The largest absolute Gasteiger partial charge is 0.469 e. The monoisotopic (exact) mass is 371 g/mol. The third kappa shape index (κ3) is 4.22. The lowest BCUT2D eigenvalue weighted by Gasteiger charge is -2.13. The Balaban J connectivity index is 2.13. The first-order chi connectivity index (χ1) is 13.6. The van der Waals surface area contributed by atoms with Gasteiger partial charge in [0.15, 0.2) is 5.82 Å². The molecule has 0 bridgehead atoms. The van der Waals surface area contributed by atoms with E-state index in [-0.39, 0.29) is 11.4 Å². The number of anilines is 1. The van der Waals surface area contributed by atoms with E-state index in [1.54, 1.807) is 0 Å². The molecule has 1 N–H and O–H groups in total. The lowest BCUT2D eigenvalue weighted by molar-refractivity contribution is -0.142. The van der Waals surface area contributed by atoms with Crippen LogP contribution in [0.15, 0.2) is 66.7 Å². The van der Waals surface area contributed by atoms with Gasteiger partial charge in [0.25, 0.3) is 0 Å². The lowest BCUT2D eigenvalue weighted by Crippen LogP contribution is -2.19. The molecule has 2 aromatic carbocycles.